The molecule has 1 N–H and O–H groups in total. The number of carbonyl (C=O) groups excluding carboxylic acids is 1. The first kappa shape index (κ1) is 11.7. The van der Waals surface area contributed by atoms with Gasteiger partial charge in [0.1, 0.15) is 4.90 Å². The maximum absolute atomic E-state index is 12.3. The lowest BCUT2D eigenvalue weighted by molar-refractivity contribution is 0.0859. The molecule has 96 valence electrons. The van der Waals surface area contributed by atoms with Crippen LogP contribution in [0.4, 0.5) is 0 Å². The van der Waals surface area contributed by atoms with E-state index in [4.69, 9.17) is 0 Å². The molecular formula is C12H14N2O3S. The Bertz CT molecular complexity index is 591. The molecule has 18 heavy (non-hydrogen) atoms. The van der Waals surface area contributed by atoms with Gasteiger partial charge in [-0.25, -0.2) is 12.7 Å². The van der Waals surface area contributed by atoms with Gasteiger partial charge in [0.2, 0.25) is 0 Å². The van der Waals surface area contributed by atoms with E-state index in [0.29, 0.717) is 5.56 Å². The number of fused-ring (bicyclic) bond motifs is 1. The van der Waals surface area contributed by atoms with Crippen molar-refractivity contribution in [1.29, 1.82) is 0 Å². The molecule has 1 aromatic rings. The standard InChI is InChI=1S/C12H14N2O3S/c15-12-10-3-1-2-4-11(10)18(16,17)14(12)8-9-5-6-13-7-9/h1-4,9,13H,5-8H2. The van der Waals surface area contributed by atoms with Gasteiger partial charge in [0, 0.05) is 6.54 Å². The first-order chi connectivity index (χ1) is 8.60. The summed E-state index contributed by atoms with van der Waals surface area (Å²) in [5.74, 6) is -0.171. The molecule has 1 saturated heterocycles. The molecule has 6 heteroatoms. The zero-order chi connectivity index (χ0) is 12.8. The minimum atomic E-state index is -3.63. The number of amides is 1. The summed E-state index contributed by atoms with van der Waals surface area (Å²) in [6.07, 6.45) is 0.912. The highest BCUT2D eigenvalue weighted by molar-refractivity contribution is 7.90. The average Bonchev–Trinajstić information content (AvgIpc) is 2.93. The van der Waals surface area contributed by atoms with E-state index >= 15 is 0 Å². The van der Waals surface area contributed by atoms with Crippen LogP contribution >= 0.6 is 0 Å². The van der Waals surface area contributed by atoms with Crippen molar-refractivity contribution in [3.63, 3.8) is 0 Å². The van der Waals surface area contributed by atoms with Crippen molar-refractivity contribution in [3.05, 3.63) is 29.8 Å². The fraction of sp³-hybridized carbons (Fsp3) is 0.417. The Morgan fingerprint density at radius 1 is 1.33 bits per heavy atom. The number of sulfonamides is 1. The quantitative estimate of drug-likeness (QED) is 0.843. The number of rotatable bonds is 2. The first-order valence-electron chi connectivity index (χ1n) is 5.97. The molecule has 0 radical (unpaired) electrons. The molecule has 2 heterocycles. The van der Waals surface area contributed by atoms with Crippen molar-refractivity contribution < 1.29 is 13.2 Å². The maximum Gasteiger partial charge on any atom is 0.269 e. The number of hydrogen-bond donors (Lipinski definition) is 1. The molecule has 0 bridgehead atoms. The van der Waals surface area contributed by atoms with E-state index in [9.17, 15) is 13.2 Å². The largest absolute Gasteiger partial charge is 0.316 e. The fourth-order valence-corrected chi connectivity index (χ4v) is 4.16. The van der Waals surface area contributed by atoms with Gasteiger partial charge in [-0.3, -0.25) is 4.79 Å². The molecule has 2 aliphatic heterocycles. The summed E-state index contributed by atoms with van der Waals surface area (Å²) in [6.45, 7) is 1.94. The third-order valence-corrected chi connectivity index (χ3v) is 5.31. The minimum absolute atomic E-state index is 0.140. The van der Waals surface area contributed by atoms with Crippen molar-refractivity contribution in [1.82, 2.24) is 9.62 Å². The summed E-state index contributed by atoms with van der Waals surface area (Å²) < 4.78 is 25.6. The number of carbonyl (C=O) groups is 1. The SMILES string of the molecule is O=C1c2ccccc2S(=O)(=O)N1CC1CCNC1. The normalized spacial score (nSPS) is 25.4. The third kappa shape index (κ3) is 1.64. The molecule has 0 aromatic heterocycles. The van der Waals surface area contributed by atoms with Crippen LogP contribution in [0.3, 0.4) is 0 Å². The summed E-state index contributed by atoms with van der Waals surface area (Å²) in [7, 11) is -3.63. The summed E-state index contributed by atoms with van der Waals surface area (Å²) in [4.78, 5) is 12.3. The lowest BCUT2D eigenvalue weighted by Gasteiger charge is -2.18. The van der Waals surface area contributed by atoms with Gasteiger partial charge in [-0.15, -0.1) is 0 Å². The summed E-state index contributed by atoms with van der Waals surface area (Å²) >= 11 is 0. The second-order valence-corrected chi connectivity index (χ2v) is 6.53. The monoisotopic (exact) mass is 266 g/mol. The molecule has 5 nitrogen and oxygen atoms in total. The Morgan fingerprint density at radius 3 is 2.78 bits per heavy atom. The highest BCUT2D eigenvalue weighted by Crippen LogP contribution is 2.31. The topological polar surface area (TPSA) is 66.5 Å². The van der Waals surface area contributed by atoms with Crippen LogP contribution in [0.5, 0.6) is 0 Å². The van der Waals surface area contributed by atoms with Gasteiger partial charge in [-0.2, -0.15) is 0 Å². The Labute approximate surface area is 106 Å². The van der Waals surface area contributed by atoms with Crippen LogP contribution in [-0.2, 0) is 10.0 Å². The minimum Gasteiger partial charge on any atom is -0.316 e. The van der Waals surface area contributed by atoms with Gasteiger partial charge in [0.25, 0.3) is 15.9 Å². The van der Waals surface area contributed by atoms with Crippen LogP contribution in [0.15, 0.2) is 29.2 Å². The Kier molecular flexibility index (Phi) is 2.64. The van der Waals surface area contributed by atoms with E-state index in [2.05, 4.69) is 5.32 Å². The molecule has 1 aromatic carbocycles. The molecule has 1 fully saturated rings. The molecule has 3 rings (SSSR count). The number of nitrogens with one attached hydrogen (secondary N) is 1. The molecule has 1 unspecified atom stereocenters. The van der Waals surface area contributed by atoms with E-state index in [0.717, 1.165) is 23.8 Å². The molecule has 1 atom stereocenters. The summed E-state index contributed by atoms with van der Waals surface area (Å²) in [6, 6.07) is 6.40. The van der Waals surface area contributed by atoms with E-state index in [1.165, 1.54) is 6.07 Å². The van der Waals surface area contributed by atoms with Crippen molar-refractivity contribution in [2.75, 3.05) is 19.6 Å². The summed E-state index contributed by atoms with van der Waals surface area (Å²) in [5, 5.41) is 3.18. The van der Waals surface area contributed by atoms with Crippen LogP contribution < -0.4 is 5.32 Å². The van der Waals surface area contributed by atoms with Gasteiger partial charge < -0.3 is 5.32 Å². The second-order valence-electron chi connectivity index (χ2n) is 4.70. The molecule has 0 spiro atoms. The van der Waals surface area contributed by atoms with Crippen molar-refractivity contribution in [3.8, 4) is 0 Å². The molecule has 0 aliphatic carbocycles. The second kappa shape index (κ2) is 4.07. The molecule has 1 amide bonds. The Morgan fingerprint density at radius 2 is 2.11 bits per heavy atom. The van der Waals surface area contributed by atoms with Crippen molar-refractivity contribution >= 4 is 15.9 Å². The average molecular weight is 266 g/mol. The highest BCUT2D eigenvalue weighted by atomic mass is 32.2. The third-order valence-electron chi connectivity index (χ3n) is 3.50. The molecule has 2 aliphatic rings. The first-order valence-corrected chi connectivity index (χ1v) is 7.41. The molecular weight excluding hydrogens is 252 g/mol. The number of benzene rings is 1. The van der Waals surface area contributed by atoms with Gasteiger partial charge in [0.15, 0.2) is 0 Å². The van der Waals surface area contributed by atoms with E-state index in [1.54, 1.807) is 18.2 Å². The molecule has 0 saturated carbocycles. The van der Waals surface area contributed by atoms with Crippen molar-refractivity contribution in [2.45, 2.75) is 11.3 Å². The fourth-order valence-electron chi connectivity index (χ4n) is 2.52. The summed E-state index contributed by atoms with van der Waals surface area (Å²) in [5.41, 5.74) is 0.295. The van der Waals surface area contributed by atoms with Crippen LogP contribution in [0.25, 0.3) is 0 Å². The number of nitrogens with zero attached hydrogens (tertiary/aromatic N) is 1. The number of hydrogen-bond acceptors (Lipinski definition) is 4. The Hall–Kier alpha value is -1.40. The van der Waals surface area contributed by atoms with E-state index in [-0.39, 0.29) is 17.4 Å². The maximum atomic E-state index is 12.3. The lowest BCUT2D eigenvalue weighted by atomic mass is 10.1. The predicted octanol–water partition coefficient (Wildman–Crippen LogP) is 0.441. The van der Waals surface area contributed by atoms with Crippen molar-refractivity contribution in [2.24, 2.45) is 5.92 Å². The highest BCUT2D eigenvalue weighted by Gasteiger charge is 2.41. The zero-order valence-electron chi connectivity index (χ0n) is 9.80. The predicted molar refractivity (Wildman–Crippen MR) is 65.6 cm³/mol. The lowest BCUT2D eigenvalue weighted by Crippen LogP contribution is -2.35. The smallest absolute Gasteiger partial charge is 0.269 e. The van der Waals surface area contributed by atoms with Gasteiger partial charge >= 0.3 is 0 Å². The van der Waals surface area contributed by atoms with E-state index in [1.807, 2.05) is 0 Å². The van der Waals surface area contributed by atoms with Gasteiger partial charge in [-0.05, 0) is 37.6 Å². The van der Waals surface area contributed by atoms with Crippen LogP contribution in [0.2, 0.25) is 0 Å². The zero-order valence-corrected chi connectivity index (χ0v) is 10.6. The van der Waals surface area contributed by atoms with Gasteiger partial charge in [-0.1, -0.05) is 12.1 Å². The van der Waals surface area contributed by atoms with E-state index < -0.39 is 15.9 Å². The van der Waals surface area contributed by atoms with Crippen LogP contribution in [0.1, 0.15) is 16.8 Å². The van der Waals surface area contributed by atoms with Crippen LogP contribution in [0, 0.1) is 5.92 Å². The Balaban J connectivity index is 1.96. The van der Waals surface area contributed by atoms with Crippen LogP contribution in [-0.4, -0.2) is 38.3 Å². The van der Waals surface area contributed by atoms with Gasteiger partial charge in [0.05, 0.1) is 5.56 Å².